The van der Waals surface area contributed by atoms with Crippen molar-refractivity contribution >= 4 is 17.7 Å². The van der Waals surface area contributed by atoms with Gasteiger partial charge in [-0.15, -0.1) is 0 Å². The molecule has 6 nitrogen and oxygen atoms in total. The number of Topliss-reactive ketones (excluding diaryl/α,β-unsaturated/α-hetero) is 1. The number of hydrogen-bond donors (Lipinski definition) is 2. The fraction of sp³-hybridized carbons (Fsp3) is 0.278. The molecule has 2 rings (SSSR count). The van der Waals surface area contributed by atoms with Crippen molar-refractivity contribution in [1.29, 1.82) is 0 Å². The minimum absolute atomic E-state index is 0.00660. The highest BCUT2D eigenvalue weighted by Crippen LogP contribution is 2.23. The van der Waals surface area contributed by atoms with E-state index in [-0.39, 0.29) is 29.9 Å². The van der Waals surface area contributed by atoms with Crippen LogP contribution in [0.3, 0.4) is 0 Å². The molecule has 0 aliphatic rings. The number of carboxylic acid groups (broad SMARTS) is 1. The first-order chi connectivity index (χ1) is 11.4. The van der Waals surface area contributed by atoms with E-state index in [0.717, 1.165) is 5.56 Å². The Morgan fingerprint density at radius 3 is 2.38 bits per heavy atom. The molecule has 1 atom stereocenters. The van der Waals surface area contributed by atoms with Gasteiger partial charge in [0.05, 0.1) is 0 Å². The number of aliphatic carboxylic acids is 1. The topological polar surface area (TPSA) is 96.6 Å². The summed E-state index contributed by atoms with van der Waals surface area (Å²) in [6.07, 6.45) is 0.342. The summed E-state index contributed by atoms with van der Waals surface area (Å²) in [5, 5.41) is 11.3. The van der Waals surface area contributed by atoms with Crippen LogP contribution in [0.15, 0.2) is 40.8 Å². The Labute approximate surface area is 139 Å². The molecule has 1 amide bonds. The highest BCUT2D eigenvalue weighted by Gasteiger charge is 2.15. The Morgan fingerprint density at radius 2 is 1.79 bits per heavy atom. The largest absolute Gasteiger partial charge is 0.481 e. The fourth-order valence-corrected chi connectivity index (χ4v) is 2.19. The first kappa shape index (κ1) is 17.5. The van der Waals surface area contributed by atoms with Crippen LogP contribution in [0.25, 0.3) is 11.3 Å². The molecule has 0 aliphatic heterocycles. The van der Waals surface area contributed by atoms with E-state index in [2.05, 4.69) is 5.32 Å². The number of nitrogens with one attached hydrogen (secondary N) is 1. The molecule has 0 saturated carbocycles. The summed E-state index contributed by atoms with van der Waals surface area (Å²) in [5.41, 5.74) is 1.37. The van der Waals surface area contributed by atoms with Crippen molar-refractivity contribution < 1.29 is 23.9 Å². The average Bonchev–Trinajstić information content (AvgIpc) is 3.03. The van der Waals surface area contributed by atoms with E-state index >= 15 is 0 Å². The van der Waals surface area contributed by atoms with Crippen LogP contribution in [0.2, 0.25) is 0 Å². The van der Waals surface area contributed by atoms with Crippen LogP contribution in [0.4, 0.5) is 0 Å². The third-order valence-electron chi connectivity index (χ3n) is 3.57. The third-order valence-corrected chi connectivity index (χ3v) is 3.57. The van der Waals surface area contributed by atoms with Crippen LogP contribution in [-0.2, 0) is 4.79 Å². The zero-order valence-corrected chi connectivity index (χ0v) is 13.5. The Hall–Kier alpha value is -2.89. The summed E-state index contributed by atoms with van der Waals surface area (Å²) in [6.45, 7) is 3.24. The SMILES string of the molecule is CC(=O)c1ccc(-c2ccc(C(=O)NC(C)CCC(=O)O)o2)cc1. The van der Waals surface area contributed by atoms with Crippen molar-refractivity contribution in [2.45, 2.75) is 32.7 Å². The molecule has 1 aromatic heterocycles. The van der Waals surface area contributed by atoms with Crippen LogP contribution in [0.1, 0.15) is 47.6 Å². The first-order valence-electron chi connectivity index (χ1n) is 7.60. The van der Waals surface area contributed by atoms with E-state index in [1.807, 2.05) is 0 Å². The summed E-state index contributed by atoms with van der Waals surface area (Å²) in [7, 11) is 0. The molecule has 24 heavy (non-hydrogen) atoms. The number of rotatable bonds is 7. The van der Waals surface area contributed by atoms with Gasteiger partial charge in [0.15, 0.2) is 11.5 Å². The maximum atomic E-state index is 12.1. The second-order valence-corrected chi connectivity index (χ2v) is 5.60. The van der Waals surface area contributed by atoms with Gasteiger partial charge in [-0.2, -0.15) is 0 Å². The number of ketones is 1. The average molecular weight is 329 g/mol. The summed E-state index contributed by atoms with van der Waals surface area (Å²) in [5.74, 6) is -0.627. The van der Waals surface area contributed by atoms with Gasteiger partial charge in [0, 0.05) is 23.6 Å². The van der Waals surface area contributed by atoms with Crippen molar-refractivity contribution in [3.8, 4) is 11.3 Å². The van der Waals surface area contributed by atoms with E-state index in [1.165, 1.54) is 6.92 Å². The molecule has 1 unspecified atom stereocenters. The van der Waals surface area contributed by atoms with Gasteiger partial charge >= 0.3 is 5.97 Å². The van der Waals surface area contributed by atoms with E-state index in [1.54, 1.807) is 43.3 Å². The third kappa shape index (κ3) is 4.55. The van der Waals surface area contributed by atoms with Crippen LogP contribution >= 0.6 is 0 Å². The van der Waals surface area contributed by atoms with Gasteiger partial charge in [-0.05, 0) is 32.4 Å². The Morgan fingerprint density at radius 1 is 1.12 bits per heavy atom. The maximum absolute atomic E-state index is 12.1. The highest BCUT2D eigenvalue weighted by atomic mass is 16.4. The van der Waals surface area contributed by atoms with E-state index in [9.17, 15) is 14.4 Å². The zero-order chi connectivity index (χ0) is 17.7. The first-order valence-corrected chi connectivity index (χ1v) is 7.60. The van der Waals surface area contributed by atoms with Crippen LogP contribution in [0.5, 0.6) is 0 Å². The van der Waals surface area contributed by atoms with Gasteiger partial charge in [0.1, 0.15) is 5.76 Å². The van der Waals surface area contributed by atoms with Crippen molar-refractivity contribution in [2.24, 2.45) is 0 Å². The van der Waals surface area contributed by atoms with Crippen LogP contribution in [0, 0.1) is 0 Å². The van der Waals surface area contributed by atoms with Crippen molar-refractivity contribution in [3.63, 3.8) is 0 Å². The van der Waals surface area contributed by atoms with Gasteiger partial charge in [-0.25, -0.2) is 0 Å². The van der Waals surface area contributed by atoms with Gasteiger partial charge in [-0.3, -0.25) is 14.4 Å². The number of carboxylic acids is 1. The number of benzene rings is 1. The number of carbonyl (C=O) groups excluding carboxylic acids is 2. The predicted octanol–water partition coefficient (Wildman–Crippen LogP) is 3.13. The monoisotopic (exact) mass is 329 g/mol. The molecule has 2 aromatic rings. The minimum atomic E-state index is -0.898. The van der Waals surface area contributed by atoms with E-state index in [0.29, 0.717) is 17.7 Å². The summed E-state index contributed by atoms with van der Waals surface area (Å²) >= 11 is 0. The standard InChI is InChI=1S/C18H19NO5/c1-11(3-10-17(21)22)19-18(23)16-9-8-15(24-16)14-6-4-13(5-7-14)12(2)20/h4-9,11H,3,10H2,1-2H3,(H,19,23)(H,21,22). The number of amides is 1. The second kappa shape index (κ2) is 7.59. The lowest BCUT2D eigenvalue weighted by Crippen LogP contribution is -2.32. The zero-order valence-electron chi connectivity index (χ0n) is 13.5. The Balaban J connectivity index is 2.02. The lowest BCUT2D eigenvalue weighted by molar-refractivity contribution is -0.137. The molecule has 2 N–H and O–H groups in total. The molecule has 0 radical (unpaired) electrons. The van der Waals surface area contributed by atoms with Crippen LogP contribution < -0.4 is 5.32 Å². The number of furan rings is 1. The maximum Gasteiger partial charge on any atom is 0.303 e. The van der Waals surface area contributed by atoms with E-state index in [4.69, 9.17) is 9.52 Å². The molecular weight excluding hydrogens is 310 g/mol. The lowest BCUT2D eigenvalue weighted by atomic mass is 10.1. The fourth-order valence-electron chi connectivity index (χ4n) is 2.19. The minimum Gasteiger partial charge on any atom is -0.481 e. The number of carbonyl (C=O) groups is 3. The van der Waals surface area contributed by atoms with Crippen molar-refractivity contribution in [3.05, 3.63) is 47.7 Å². The highest BCUT2D eigenvalue weighted by molar-refractivity contribution is 5.94. The molecule has 6 heteroatoms. The van der Waals surface area contributed by atoms with Gasteiger partial charge < -0.3 is 14.8 Å². The van der Waals surface area contributed by atoms with Gasteiger partial charge in [0.25, 0.3) is 5.91 Å². The lowest BCUT2D eigenvalue weighted by Gasteiger charge is -2.11. The van der Waals surface area contributed by atoms with Crippen molar-refractivity contribution in [2.75, 3.05) is 0 Å². The van der Waals surface area contributed by atoms with Gasteiger partial charge in [0.2, 0.25) is 0 Å². The molecule has 0 fully saturated rings. The molecular formula is C18H19NO5. The molecule has 0 bridgehead atoms. The molecule has 0 saturated heterocycles. The summed E-state index contributed by atoms with van der Waals surface area (Å²) in [6, 6.07) is 9.89. The molecule has 1 aromatic carbocycles. The molecule has 1 heterocycles. The number of hydrogen-bond acceptors (Lipinski definition) is 4. The summed E-state index contributed by atoms with van der Waals surface area (Å²) in [4.78, 5) is 33.9. The van der Waals surface area contributed by atoms with Gasteiger partial charge in [-0.1, -0.05) is 24.3 Å². The Kier molecular flexibility index (Phi) is 5.52. The smallest absolute Gasteiger partial charge is 0.303 e. The predicted molar refractivity (Wildman–Crippen MR) is 87.9 cm³/mol. The molecule has 126 valence electrons. The molecule has 0 spiro atoms. The quantitative estimate of drug-likeness (QED) is 0.761. The Bertz CT molecular complexity index is 745. The molecule has 0 aliphatic carbocycles. The van der Waals surface area contributed by atoms with Crippen molar-refractivity contribution in [1.82, 2.24) is 5.32 Å². The second-order valence-electron chi connectivity index (χ2n) is 5.60. The summed E-state index contributed by atoms with van der Waals surface area (Å²) < 4.78 is 5.55. The normalized spacial score (nSPS) is 11.8. The van der Waals surface area contributed by atoms with Crippen LogP contribution in [-0.4, -0.2) is 28.8 Å². The van der Waals surface area contributed by atoms with E-state index < -0.39 is 5.97 Å².